The third-order valence-corrected chi connectivity index (χ3v) is 2.76. The van der Waals surface area contributed by atoms with Crippen molar-refractivity contribution in [3.8, 4) is 0 Å². The van der Waals surface area contributed by atoms with E-state index in [2.05, 4.69) is 6.92 Å². The Hall–Kier alpha value is -0.610. The maximum absolute atomic E-state index is 10.7. The van der Waals surface area contributed by atoms with Crippen LogP contribution in [0.1, 0.15) is 26.2 Å². The van der Waals surface area contributed by atoms with Gasteiger partial charge in [0.1, 0.15) is 0 Å². The molecule has 1 N–H and O–H groups in total. The second kappa shape index (κ2) is 6.80. The van der Waals surface area contributed by atoms with Crippen molar-refractivity contribution in [2.24, 2.45) is 5.92 Å². The van der Waals surface area contributed by atoms with Crippen molar-refractivity contribution >= 4 is 5.97 Å². The lowest BCUT2D eigenvalue weighted by Gasteiger charge is -2.28. The van der Waals surface area contributed by atoms with E-state index >= 15 is 0 Å². The van der Waals surface area contributed by atoms with Crippen LogP contribution in [0.5, 0.6) is 0 Å². The van der Waals surface area contributed by atoms with Crippen LogP contribution < -0.4 is 0 Å². The van der Waals surface area contributed by atoms with Gasteiger partial charge in [0, 0.05) is 19.8 Å². The highest BCUT2D eigenvalue weighted by Gasteiger charge is 2.18. The Morgan fingerprint density at radius 2 is 2.13 bits per heavy atom. The number of hydrogen-bond acceptors (Lipinski definition) is 3. The molecule has 1 aliphatic heterocycles. The van der Waals surface area contributed by atoms with Gasteiger partial charge in [-0.15, -0.1) is 0 Å². The quantitative estimate of drug-likeness (QED) is 0.723. The smallest absolute Gasteiger partial charge is 0.317 e. The third-order valence-electron chi connectivity index (χ3n) is 2.76. The van der Waals surface area contributed by atoms with E-state index in [1.807, 2.05) is 4.90 Å². The molecular weight excluding hydrogens is 194 g/mol. The molecule has 0 atom stereocenters. The molecule has 0 saturated carbocycles. The van der Waals surface area contributed by atoms with Crippen molar-refractivity contribution in [1.82, 2.24) is 4.90 Å². The summed E-state index contributed by atoms with van der Waals surface area (Å²) in [5, 5.41) is 8.77. The molecule has 1 fully saturated rings. The first-order valence-electron chi connectivity index (χ1n) is 5.74. The summed E-state index contributed by atoms with van der Waals surface area (Å²) >= 11 is 0. The van der Waals surface area contributed by atoms with Gasteiger partial charge < -0.3 is 9.84 Å². The molecule has 4 nitrogen and oxygen atoms in total. The Morgan fingerprint density at radius 1 is 1.47 bits per heavy atom. The fourth-order valence-electron chi connectivity index (χ4n) is 2.04. The highest BCUT2D eigenvalue weighted by Crippen LogP contribution is 2.16. The minimum atomic E-state index is -0.726. The highest BCUT2D eigenvalue weighted by atomic mass is 16.5. The van der Waals surface area contributed by atoms with Crippen molar-refractivity contribution in [1.29, 1.82) is 0 Å². The van der Waals surface area contributed by atoms with E-state index in [0.29, 0.717) is 5.92 Å². The maximum Gasteiger partial charge on any atom is 0.317 e. The average Bonchev–Trinajstić information content (AvgIpc) is 2.18. The Balaban J connectivity index is 2.31. The number of nitrogens with zero attached hydrogens (tertiary/aromatic N) is 1. The highest BCUT2D eigenvalue weighted by molar-refractivity contribution is 5.69. The molecule has 0 unspecified atom stereocenters. The van der Waals surface area contributed by atoms with E-state index in [-0.39, 0.29) is 6.54 Å². The molecule has 88 valence electrons. The van der Waals surface area contributed by atoms with Crippen LogP contribution in [0, 0.1) is 5.92 Å². The fourth-order valence-corrected chi connectivity index (χ4v) is 2.04. The van der Waals surface area contributed by atoms with E-state index in [1.54, 1.807) is 0 Å². The van der Waals surface area contributed by atoms with E-state index < -0.39 is 5.97 Å². The molecule has 0 aliphatic carbocycles. The van der Waals surface area contributed by atoms with Crippen LogP contribution in [0.4, 0.5) is 0 Å². The molecule has 4 heteroatoms. The normalized spacial score (nSPS) is 18.3. The number of hydrogen-bond donors (Lipinski definition) is 1. The third kappa shape index (κ3) is 5.14. The molecule has 1 aliphatic rings. The minimum Gasteiger partial charge on any atom is -0.480 e. The van der Waals surface area contributed by atoms with Gasteiger partial charge in [0.15, 0.2) is 0 Å². The topological polar surface area (TPSA) is 49.8 Å². The van der Waals surface area contributed by atoms with E-state index in [1.165, 1.54) is 0 Å². The van der Waals surface area contributed by atoms with Gasteiger partial charge in [-0.05, 0) is 31.7 Å². The zero-order valence-electron chi connectivity index (χ0n) is 9.45. The first kappa shape index (κ1) is 12.5. The predicted molar refractivity (Wildman–Crippen MR) is 57.9 cm³/mol. The van der Waals surface area contributed by atoms with Gasteiger partial charge in [0.25, 0.3) is 0 Å². The van der Waals surface area contributed by atoms with Crippen LogP contribution in [0.2, 0.25) is 0 Å². The van der Waals surface area contributed by atoms with E-state index in [9.17, 15) is 4.79 Å². The summed E-state index contributed by atoms with van der Waals surface area (Å²) in [4.78, 5) is 12.7. The van der Waals surface area contributed by atoms with Gasteiger partial charge in [-0.2, -0.15) is 0 Å². The molecule has 0 amide bonds. The van der Waals surface area contributed by atoms with Gasteiger partial charge in [-0.3, -0.25) is 9.69 Å². The van der Waals surface area contributed by atoms with Gasteiger partial charge in [-0.1, -0.05) is 6.92 Å². The predicted octanol–water partition coefficient (Wildman–Crippen LogP) is 1.21. The monoisotopic (exact) mass is 215 g/mol. The summed E-state index contributed by atoms with van der Waals surface area (Å²) in [6, 6.07) is 0. The van der Waals surface area contributed by atoms with Crippen molar-refractivity contribution in [2.75, 3.05) is 32.8 Å². The van der Waals surface area contributed by atoms with Gasteiger partial charge in [0.2, 0.25) is 0 Å². The summed E-state index contributed by atoms with van der Waals surface area (Å²) in [6.45, 7) is 5.70. The maximum atomic E-state index is 10.7. The largest absolute Gasteiger partial charge is 0.480 e. The second-order valence-electron chi connectivity index (χ2n) is 4.18. The summed E-state index contributed by atoms with van der Waals surface area (Å²) in [5.74, 6) is -0.111. The number of carboxylic acids is 1. The zero-order chi connectivity index (χ0) is 11.1. The molecule has 0 radical (unpaired) electrons. The molecule has 0 aromatic carbocycles. The first-order chi connectivity index (χ1) is 7.22. The molecule has 0 aromatic heterocycles. The lowest BCUT2D eigenvalue weighted by molar-refractivity contribution is -0.138. The zero-order valence-corrected chi connectivity index (χ0v) is 9.45. The van der Waals surface area contributed by atoms with Crippen molar-refractivity contribution in [2.45, 2.75) is 26.2 Å². The molecule has 1 heterocycles. The minimum absolute atomic E-state index is 0.172. The van der Waals surface area contributed by atoms with Crippen molar-refractivity contribution < 1.29 is 14.6 Å². The molecule has 0 bridgehead atoms. The molecule has 0 spiro atoms. The van der Waals surface area contributed by atoms with Gasteiger partial charge in [0.05, 0.1) is 6.54 Å². The Morgan fingerprint density at radius 3 is 2.67 bits per heavy atom. The van der Waals surface area contributed by atoms with Crippen LogP contribution in [0.3, 0.4) is 0 Å². The number of ether oxygens (including phenoxy) is 1. The van der Waals surface area contributed by atoms with Crippen LogP contribution in [-0.2, 0) is 9.53 Å². The second-order valence-corrected chi connectivity index (χ2v) is 4.18. The number of rotatable bonds is 6. The lowest BCUT2D eigenvalue weighted by Crippen LogP contribution is -2.36. The lowest BCUT2D eigenvalue weighted by atomic mass is 9.99. The molecule has 1 saturated heterocycles. The van der Waals surface area contributed by atoms with Gasteiger partial charge >= 0.3 is 5.97 Å². The number of carboxylic acid groups (broad SMARTS) is 1. The van der Waals surface area contributed by atoms with Crippen molar-refractivity contribution in [3.63, 3.8) is 0 Å². The SMILES string of the molecule is CCCN(CC(=O)O)CC1CCOCC1. The first-order valence-corrected chi connectivity index (χ1v) is 5.74. The number of aliphatic carboxylic acids is 1. The molecule has 15 heavy (non-hydrogen) atoms. The van der Waals surface area contributed by atoms with E-state index in [0.717, 1.165) is 45.6 Å². The molecular formula is C11H21NO3. The summed E-state index contributed by atoms with van der Waals surface area (Å²) in [5.41, 5.74) is 0. The summed E-state index contributed by atoms with van der Waals surface area (Å²) in [7, 11) is 0. The Bertz CT molecular complexity index is 190. The molecule has 0 aromatic rings. The van der Waals surface area contributed by atoms with Crippen LogP contribution in [0.25, 0.3) is 0 Å². The van der Waals surface area contributed by atoms with E-state index in [4.69, 9.17) is 9.84 Å². The van der Waals surface area contributed by atoms with Crippen LogP contribution >= 0.6 is 0 Å². The standard InChI is InChI=1S/C11H21NO3/c1-2-5-12(9-11(13)14)8-10-3-6-15-7-4-10/h10H,2-9H2,1H3,(H,13,14). The number of carbonyl (C=O) groups is 1. The summed E-state index contributed by atoms with van der Waals surface area (Å²) < 4.78 is 5.29. The molecule has 1 rings (SSSR count). The Kier molecular flexibility index (Phi) is 5.65. The van der Waals surface area contributed by atoms with Crippen LogP contribution in [-0.4, -0.2) is 48.8 Å². The fraction of sp³-hybridized carbons (Fsp3) is 0.909. The average molecular weight is 215 g/mol. The Labute approximate surface area is 91.2 Å². The summed E-state index contributed by atoms with van der Waals surface area (Å²) in [6.07, 6.45) is 3.15. The van der Waals surface area contributed by atoms with Gasteiger partial charge in [-0.25, -0.2) is 0 Å². The van der Waals surface area contributed by atoms with Crippen molar-refractivity contribution in [3.05, 3.63) is 0 Å². The van der Waals surface area contributed by atoms with Crippen LogP contribution in [0.15, 0.2) is 0 Å².